The van der Waals surface area contributed by atoms with Crippen molar-refractivity contribution in [3.8, 4) is 11.3 Å². The fourth-order valence-electron chi connectivity index (χ4n) is 4.54. The summed E-state index contributed by atoms with van der Waals surface area (Å²) in [7, 11) is 0. The second-order valence-corrected chi connectivity index (χ2v) is 9.81. The van der Waals surface area contributed by atoms with Gasteiger partial charge in [0, 0.05) is 53.6 Å². The first-order valence-electron chi connectivity index (χ1n) is 12.6. The van der Waals surface area contributed by atoms with E-state index < -0.39 is 17.8 Å². The molecule has 7 nitrogen and oxygen atoms in total. The summed E-state index contributed by atoms with van der Waals surface area (Å²) < 4.78 is 38.8. The number of benzene rings is 1. The molecular formula is C30H25F3N4O3. The van der Waals surface area contributed by atoms with Crippen LogP contribution in [-0.4, -0.2) is 21.5 Å². The molecule has 10 heteroatoms. The van der Waals surface area contributed by atoms with Gasteiger partial charge in [0.15, 0.2) is 18.1 Å². The van der Waals surface area contributed by atoms with Crippen molar-refractivity contribution in [1.29, 1.82) is 0 Å². The lowest BCUT2D eigenvalue weighted by Crippen LogP contribution is -2.37. The third-order valence-corrected chi connectivity index (χ3v) is 6.77. The van der Waals surface area contributed by atoms with E-state index in [4.69, 9.17) is 4.84 Å². The number of Topliss-reactive ketones (excluding diaryl/α,β-unsaturated/α-hetero) is 1. The van der Waals surface area contributed by atoms with Crippen LogP contribution in [0.3, 0.4) is 0 Å². The van der Waals surface area contributed by atoms with Gasteiger partial charge in [0.2, 0.25) is 0 Å². The number of hydrogen-bond acceptors (Lipinski definition) is 6. The zero-order chi connectivity index (χ0) is 28.4. The molecule has 5 rings (SSSR count). The van der Waals surface area contributed by atoms with Crippen molar-refractivity contribution < 1.29 is 27.5 Å². The van der Waals surface area contributed by atoms with Crippen LogP contribution < -0.4 is 4.73 Å². The molecule has 0 spiro atoms. The molecule has 0 amide bonds. The van der Waals surface area contributed by atoms with E-state index in [1.807, 2.05) is 43.3 Å². The number of aromatic nitrogens is 3. The van der Waals surface area contributed by atoms with E-state index in [1.165, 1.54) is 6.07 Å². The standard InChI is InChI=1S/C30H25F3N4O3/c1-18-6-8-24(35-16-18)21-12-22(26-15-28(40-36-26)25-5-3-4-10-34-25)14-23(13-21)27(38)11-19(2)20-7-9-29(30(31,32)33)37(39)17-20/h3-10,12-14,16-17,19,28H,11,15H2,1-2H3/t19-,28-/m0/s1. The molecule has 1 aromatic carbocycles. The lowest BCUT2D eigenvalue weighted by Gasteiger charge is -2.14. The predicted molar refractivity (Wildman–Crippen MR) is 141 cm³/mol. The second-order valence-electron chi connectivity index (χ2n) is 9.81. The highest BCUT2D eigenvalue weighted by molar-refractivity contribution is 6.05. The second kappa shape index (κ2) is 10.9. The van der Waals surface area contributed by atoms with Crippen molar-refractivity contribution in [2.75, 3.05) is 0 Å². The number of aryl methyl sites for hydroxylation is 1. The summed E-state index contributed by atoms with van der Waals surface area (Å²) in [5.74, 6) is -0.735. The zero-order valence-corrected chi connectivity index (χ0v) is 21.7. The van der Waals surface area contributed by atoms with Gasteiger partial charge in [-0.1, -0.05) is 24.2 Å². The van der Waals surface area contributed by atoms with Gasteiger partial charge < -0.3 is 10.0 Å². The summed E-state index contributed by atoms with van der Waals surface area (Å²) in [6.45, 7) is 3.62. The van der Waals surface area contributed by atoms with E-state index in [0.717, 1.165) is 23.5 Å². The molecule has 0 N–H and O–H groups in total. The van der Waals surface area contributed by atoms with Crippen LogP contribution in [0, 0.1) is 12.1 Å². The predicted octanol–water partition coefficient (Wildman–Crippen LogP) is 6.35. The van der Waals surface area contributed by atoms with E-state index in [0.29, 0.717) is 40.1 Å². The maximum absolute atomic E-state index is 13.5. The molecule has 1 aliphatic heterocycles. The molecular weight excluding hydrogens is 521 g/mol. The van der Waals surface area contributed by atoms with Crippen molar-refractivity contribution in [2.24, 2.45) is 5.16 Å². The molecule has 0 aliphatic carbocycles. The number of nitrogens with zero attached hydrogens (tertiary/aromatic N) is 4. The van der Waals surface area contributed by atoms with Crippen LogP contribution in [0.2, 0.25) is 0 Å². The lowest BCUT2D eigenvalue weighted by atomic mass is 9.91. The van der Waals surface area contributed by atoms with Gasteiger partial charge in [-0.2, -0.15) is 17.9 Å². The van der Waals surface area contributed by atoms with Crippen LogP contribution in [-0.2, 0) is 11.0 Å². The first-order chi connectivity index (χ1) is 19.1. The number of carbonyl (C=O) groups is 1. The number of oxime groups is 1. The number of alkyl halides is 3. The molecule has 0 unspecified atom stereocenters. The third-order valence-electron chi connectivity index (χ3n) is 6.77. The van der Waals surface area contributed by atoms with Gasteiger partial charge in [-0.3, -0.25) is 14.8 Å². The Morgan fingerprint density at radius 3 is 2.58 bits per heavy atom. The molecule has 2 atom stereocenters. The van der Waals surface area contributed by atoms with Gasteiger partial charge in [0.1, 0.15) is 0 Å². The van der Waals surface area contributed by atoms with Crippen LogP contribution in [0.4, 0.5) is 13.2 Å². The van der Waals surface area contributed by atoms with Crippen LogP contribution in [0.15, 0.2) is 84.4 Å². The Morgan fingerprint density at radius 2 is 1.90 bits per heavy atom. The normalized spacial score (nSPS) is 15.8. The first-order valence-corrected chi connectivity index (χ1v) is 12.6. The minimum absolute atomic E-state index is 0.0187. The van der Waals surface area contributed by atoms with Gasteiger partial charge in [0.25, 0.3) is 5.69 Å². The van der Waals surface area contributed by atoms with Gasteiger partial charge >= 0.3 is 6.18 Å². The molecule has 204 valence electrons. The van der Waals surface area contributed by atoms with E-state index in [9.17, 15) is 23.2 Å². The molecule has 40 heavy (non-hydrogen) atoms. The van der Waals surface area contributed by atoms with Gasteiger partial charge in [-0.15, -0.1) is 0 Å². The van der Waals surface area contributed by atoms with Crippen molar-refractivity contribution in [2.45, 2.75) is 44.9 Å². The number of hydrogen-bond donors (Lipinski definition) is 0. The summed E-state index contributed by atoms with van der Waals surface area (Å²) in [5.41, 5.74) is 3.89. The van der Waals surface area contributed by atoms with Gasteiger partial charge in [0.05, 0.1) is 17.1 Å². The van der Waals surface area contributed by atoms with Crippen molar-refractivity contribution >= 4 is 11.5 Å². The van der Waals surface area contributed by atoms with Crippen LogP contribution in [0.25, 0.3) is 11.3 Å². The summed E-state index contributed by atoms with van der Waals surface area (Å²) in [5, 5.41) is 16.2. The first kappa shape index (κ1) is 27.0. The fourth-order valence-corrected chi connectivity index (χ4v) is 4.54. The molecule has 0 saturated carbocycles. The Balaban J connectivity index is 1.43. The topological polar surface area (TPSA) is 91.4 Å². The van der Waals surface area contributed by atoms with Crippen molar-refractivity contribution in [1.82, 2.24) is 9.97 Å². The van der Waals surface area contributed by atoms with Crippen LogP contribution >= 0.6 is 0 Å². The van der Waals surface area contributed by atoms with Crippen LogP contribution in [0.1, 0.15) is 70.2 Å². The molecule has 0 fully saturated rings. The molecule has 0 saturated heterocycles. The molecule has 4 aromatic rings. The summed E-state index contributed by atoms with van der Waals surface area (Å²) in [6, 6.07) is 16.7. The molecule has 0 bridgehead atoms. The van der Waals surface area contributed by atoms with Crippen LogP contribution in [0.5, 0.6) is 0 Å². The summed E-state index contributed by atoms with van der Waals surface area (Å²) >= 11 is 0. The largest absolute Gasteiger partial charge is 0.618 e. The number of pyridine rings is 3. The Bertz CT molecular complexity index is 1570. The van der Waals surface area contributed by atoms with E-state index in [-0.39, 0.29) is 23.0 Å². The Morgan fingerprint density at radius 1 is 1.10 bits per heavy atom. The molecule has 3 aromatic heterocycles. The highest BCUT2D eigenvalue weighted by Crippen LogP contribution is 2.32. The van der Waals surface area contributed by atoms with Gasteiger partial charge in [-0.05, 0) is 60.9 Å². The van der Waals surface area contributed by atoms with Gasteiger partial charge in [-0.25, -0.2) is 0 Å². The van der Waals surface area contributed by atoms with Crippen molar-refractivity contribution in [3.63, 3.8) is 0 Å². The Labute approximate surface area is 228 Å². The van der Waals surface area contributed by atoms with E-state index in [2.05, 4.69) is 15.1 Å². The number of halogens is 3. The average Bonchev–Trinajstić information content (AvgIpc) is 3.43. The maximum Gasteiger partial charge on any atom is 0.478 e. The third kappa shape index (κ3) is 5.85. The minimum atomic E-state index is -4.76. The average molecular weight is 547 g/mol. The molecule has 1 aliphatic rings. The number of ketones is 1. The fraction of sp³-hybridized carbons (Fsp3) is 0.233. The lowest BCUT2D eigenvalue weighted by molar-refractivity contribution is -0.629. The quantitative estimate of drug-likeness (QED) is 0.153. The Kier molecular flexibility index (Phi) is 7.34. The highest BCUT2D eigenvalue weighted by atomic mass is 19.4. The van der Waals surface area contributed by atoms with E-state index >= 15 is 0 Å². The smallest absolute Gasteiger partial charge is 0.478 e. The number of carbonyl (C=O) groups excluding carboxylic acids is 1. The SMILES string of the molecule is Cc1ccc(-c2cc(C(=O)C[C@H](C)c3ccc(C(F)(F)F)[n+]([O-])c3)cc(C3=NO[C@H](c4ccccn4)C3)c2)nc1. The monoisotopic (exact) mass is 546 g/mol. The minimum Gasteiger partial charge on any atom is -0.618 e. The summed E-state index contributed by atoms with van der Waals surface area (Å²) in [4.78, 5) is 28.0. The summed E-state index contributed by atoms with van der Waals surface area (Å²) in [6.07, 6.45) is -0.375. The molecule has 0 radical (unpaired) electrons. The van der Waals surface area contributed by atoms with Crippen molar-refractivity contribution in [3.05, 3.63) is 118 Å². The van der Waals surface area contributed by atoms with E-state index in [1.54, 1.807) is 31.5 Å². The Hall–Kier alpha value is -4.60. The maximum atomic E-state index is 13.5. The number of rotatable bonds is 7. The molecule has 4 heterocycles. The highest BCUT2D eigenvalue weighted by Gasteiger charge is 2.39. The zero-order valence-electron chi connectivity index (χ0n) is 21.7.